The number of ketones is 4. The molecule has 2 aliphatic carbocycles. The Morgan fingerprint density at radius 3 is 1.69 bits per heavy atom. The van der Waals surface area contributed by atoms with Crippen LogP contribution in [0.5, 0.6) is 0 Å². The third kappa shape index (κ3) is 5.97. The second-order valence-electron chi connectivity index (χ2n) is 8.83. The molecular weight excluding hydrogens is 460 g/mol. The Bertz CT molecular complexity index is 1260. The second-order valence-corrected chi connectivity index (χ2v) is 8.83. The van der Waals surface area contributed by atoms with E-state index in [0.717, 1.165) is 11.1 Å². The molecule has 36 heavy (non-hydrogen) atoms. The highest BCUT2D eigenvalue weighted by Gasteiger charge is 2.34. The van der Waals surface area contributed by atoms with Crippen molar-refractivity contribution in [2.45, 2.75) is 47.5 Å². The first-order chi connectivity index (χ1) is 17.0. The normalized spacial score (nSPS) is 15.3. The van der Waals surface area contributed by atoms with Crippen molar-refractivity contribution in [3.05, 3.63) is 86.9 Å². The van der Waals surface area contributed by atoms with Crippen molar-refractivity contribution >= 4 is 28.9 Å². The molecule has 0 radical (unpaired) electrons. The summed E-state index contributed by atoms with van der Waals surface area (Å²) in [4.78, 5) is 48.0. The maximum Gasteiger partial charge on any atom is 0.234 e. The van der Waals surface area contributed by atoms with Crippen LogP contribution < -0.4 is 0 Å². The van der Waals surface area contributed by atoms with Crippen molar-refractivity contribution in [1.82, 2.24) is 0 Å². The van der Waals surface area contributed by atoms with E-state index in [1.807, 2.05) is 39.8 Å². The predicted molar refractivity (Wildman–Crippen MR) is 137 cm³/mol. The molecule has 1 aromatic rings. The largest absolute Gasteiger partial charge is 0.507 e. The number of methoxy groups -OCH3 is 2. The molecule has 3 rings (SSSR count). The van der Waals surface area contributed by atoms with Gasteiger partial charge < -0.3 is 14.6 Å². The van der Waals surface area contributed by atoms with Gasteiger partial charge in [-0.05, 0) is 47.5 Å². The zero-order valence-corrected chi connectivity index (χ0v) is 21.8. The summed E-state index contributed by atoms with van der Waals surface area (Å²) in [6, 6.07) is 6.62. The van der Waals surface area contributed by atoms with Crippen LogP contribution in [-0.2, 0) is 23.9 Å². The number of carbonyl (C=O) groups is 4. The number of rotatable bonds is 6. The van der Waals surface area contributed by atoms with Crippen LogP contribution >= 0.6 is 0 Å². The fourth-order valence-electron chi connectivity index (χ4n) is 3.66. The highest BCUT2D eigenvalue weighted by molar-refractivity contribution is 6.52. The smallest absolute Gasteiger partial charge is 0.234 e. The van der Waals surface area contributed by atoms with Gasteiger partial charge in [0.15, 0.2) is 0 Å². The van der Waals surface area contributed by atoms with E-state index in [1.54, 1.807) is 31.2 Å². The van der Waals surface area contributed by atoms with Crippen molar-refractivity contribution in [2.24, 2.45) is 0 Å². The van der Waals surface area contributed by atoms with Gasteiger partial charge in [-0.2, -0.15) is 0 Å². The Kier molecular flexibility index (Phi) is 9.50. The molecule has 2 aliphatic rings. The number of aliphatic hydroxyl groups excluding tert-OH is 1. The van der Waals surface area contributed by atoms with Crippen LogP contribution in [-0.4, -0.2) is 42.5 Å². The minimum absolute atomic E-state index is 0.00902. The summed E-state index contributed by atoms with van der Waals surface area (Å²) < 4.78 is 9.95. The van der Waals surface area contributed by atoms with Gasteiger partial charge >= 0.3 is 0 Å². The molecule has 7 nitrogen and oxygen atoms in total. The van der Waals surface area contributed by atoms with Crippen LogP contribution in [0.4, 0.5) is 0 Å². The molecule has 0 saturated heterocycles. The molecule has 7 heteroatoms. The first kappa shape index (κ1) is 28.2. The van der Waals surface area contributed by atoms with Gasteiger partial charge in [0.05, 0.1) is 14.2 Å². The summed E-state index contributed by atoms with van der Waals surface area (Å²) in [5.74, 6) is -1.81. The fourth-order valence-corrected chi connectivity index (χ4v) is 3.66. The summed E-state index contributed by atoms with van der Waals surface area (Å²) in [5, 5.41) is 10.1. The van der Waals surface area contributed by atoms with Gasteiger partial charge in [0.25, 0.3) is 0 Å². The predicted octanol–water partition coefficient (Wildman–Crippen LogP) is 5.39. The van der Waals surface area contributed by atoms with Gasteiger partial charge in [0.2, 0.25) is 34.7 Å². The molecule has 190 valence electrons. The topological polar surface area (TPSA) is 107 Å². The molecular formula is C29H32O7. The highest BCUT2D eigenvalue weighted by atomic mass is 16.5. The lowest BCUT2D eigenvalue weighted by molar-refractivity contribution is -0.121. The van der Waals surface area contributed by atoms with Gasteiger partial charge in [-0.3, -0.25) is 19.2 Å². The Labute approximate surface area is 211 Å². The fraction of sp³-hybridized carbons (Fsp3) is 0.310. The molecule has 0 spiro atoms. The minimum atomic E-state index is -0.608. The van der Waals surface area contributed by atoms with E-state index in [9.17, 15) is 24.3 Å². The first-order valence-electron chi connectivity index (χ1n) is 11.4. The first-order valence-corrected chi connectivity index (χ1v) is 11.4. The molecule has 0 saturated carbocycles. The van der Waals surface area contributed by atoms with Crippen molar-refractivity contribution < 1.29 is 33.8 Å². The Hall–Kier alpha value is -4.00. The van der Waals surface area contributed by atoms with E-state index >= 15 is 0 Å². The summed E-state index contributed by atoms with van der Waals surface area (Å²) in [7, 11) is 2.71. The summed E-state index contributed by atoms with van der Waals surface area (Å²) in [6.45, 7) is 9.33. The van der Waals surface area contributed by atoms with Gasteiger partial charge in [-0.1, -0.05) is 47.6 Å². The lowest BCUT2D eigenvalue weighted by Gasteiger charge is -2.19. The molecule has 1 aromatic carbocycles. The van der Waals surface area contributed by atoms with E-state index < -0.39 is 11.6 Å². The number of aliphatic hydroxyl groups is 1. The Morgan fingerprint density at radius 2 is 1.19 bits per heavy atom. The third-order valence-corrected chi connectivity index (χ3v) is 5.72. The number of allylic oxidation sites excluding steroid dienone is 7. The van der Waals surface area contributed by atoms with Crippen LogP contribution in [0.1, 0.15) is 63.4 Å². The lowest BCUT2D eigenvalue weighted by Crippen LogP contribution is -2.24. The Balaban J connectivity index is 0.000000254. The number of fused-ring (bicyclic) bond motifs is 1. The van der Waals surface area contributed by atoms with Crippen LogP contribution in [0.25, 0.3) is 5.76 Å². The van der Waals surface area contributed by atoms with Gasteiger partial charge in [0.1, 0.15) is 5.76 Å². The molecule has 0 aliphatic heterocycles. The van der Waals surface area contributed by atoms with Crippen molar-refractivity contribution in [3.63, 3.8) is 0 Å². The molecule has 0 atom stereocenters. The number of hydrogen-bond acceptors (Lipinski definition) is 7. The molecule has 0 amide bonds. The van der Waals surface area contributed by atoms with Crippen LogP contribution in [0.3, 0.4) is 0 Å². The SMILES string of the molecule is CC(C)=CCC1=C(O)c2ccccc2C(=O)C1=O.COC1=C(OC)C(=O)C(CC=C(C)C)=C(C)C1=O. The quantitative estimate of drug-likeness (QED) is 0.322. The maximum atomic E-state index is 12.2. The van der Waals surface area contributed by atoms with Crippen LogP contribution in [0, 0.1) is 0 Å². The number of Topliss-reactive ketones (excluding diaryl/α,β-unsaturated/α-hetero) is 4. The number of benzene rings is 1. The van der Waals surface area contributed by atoms with E-state index in [1.165, 1.54) is 14.2 Å². The number of ether oxygens (including phenoxy) is 2. The van der Waals surface area contributed by atoms with Crippen molar-refractivity contribution in [3.8, 4) is 0 Å². The number of carbonyl (C=O) groups excluding carboxylic acids is 4. The van der Waals surface area contributed by atoms with Gasteiger partial charge in [0, 0.05) is 27.8 Å². The maximum absolute atomic E-state index is 12.2. The average Bonchev–Trinajstić information content (AvgIpc) is 2.84. The van der Waals surface area contributed by atoms with E-state index in [0.29, 0.717) is 23.1 Å². The Morgan fingerprint density at radius 1 is 0.722 bits per heavy atom. The van der Waals surface area contributed by atoms with Gasteiger partial charge in [-0.25, -0.2) is 0 Å². The average molecular weight is 493 g/mol. The third-order valence-electron chi connectivity index (χ3n) is 5.72. The minimum Gasteiger partial charge on any atom is -0.507 e. The monoisotopic (exact) mass is 492 g/mol. The molecule has 1 N–H and O–H groups in total. The molecule has 0 fully saturated rings. The van der Waals surface area contributed by atoms with E-state index in [4.69, 9.17) is 9.47 Å². The van der Waals surface area contributed by atoms with E-state index in [-0.39, 0.29) is 46.4 Å². The summed E-state index contributed by atoms with van der Waals surface area (Å²) >= 11 is 0. The highest BCUT2D eigenvalue weighted by Crippen LogP contribution is 2.30. The van der Waals surface area contributed by atoms with Gasteiger partial charge in [-0.15, -0.1) is 0 Å². The standard InChI is InChI=1S/C15H14O3.C14H18O4/c1-9(2)7-8-12-13(16)10-5-3-4-6-11(10)14(17)15(12)18;1-8(2)6-7-10-9(3)11(15)13(17-4)14(18-5)12(10)16/h3-7,16H,8H2,1-2H3;6H,7H2,1-5H3. The van der Waals surface area contributed by atoms with Crippen LogP contribution in [0.2, 0.25) is 0 Å². The van der Waals surface area contributed by atoms with Crippen molar-refractivity contribution in [2.75, 3.05) is 14.2 Å². The number of hydrogen-bond donors (Lipinski definition) is 1. The second kappa shape index (κ2) is 12.1. The lowest BCUT2D eigenvalue weighted by atomic mass is 9.87. The summed E-state index contributed by atoms with van der Waals surface area (Å²) in [6.07, 6.45) is 4.45. The van der Waals surface area contributed by atoms with Crippen molar-refractivity contribution in [1.29, 1.82) is 0 Å². The summed E-state index contributed by atoms with van der Waals surface area (Å²) in [5.41, 5.74) is 3.93. The molecule has 0 heterocycles. The zero-order chi connectivity index (χ0) is 27.2. The van der Waals surface area contributed by atoms with Crippen LogP contribution in [0.15, 0.2) is 75.8 Å². The van der Waals surface area contributed by atoms with E-state index in [2.05, 4.69) is 0 Å². The molecule has 0 aromatic heterocycles. The zero-order valence-electron chi connectivity index (χ0n) is 21.8. The molecule has 0 unspecified atom stereocenters. The molecule has 0 bridgehead atoms.